The second kappa shape index (κ2) is 5.85. The summed E-state index contributed by atoms with van der Waals surface area (Å²) in [6.45, 7) is 2.19. The molecule has 0 aliphatic carbocycles. The summed E-state index contributed by atoms with van der Waals surface area (Å²) < 4.78 is 6.11. The topological polar surface area (TPSA) is 25.2 Å². The van der Waals surface area contributed by atoms with Gasteiger partial charge in [-0.3, -0.25) is 0 Å². The molecular formula is C13H16BrNOS. The highest BCUT2D eigenvalue weighted by Gasteiger charge is 2.16. The van der Waals surface area contributed by atoms with E-state index >= 15 is 0 Å². The number of halogens is 1. The zero-order valence-electron chi connectivity index (χ0n) is 10.00. The third-order valence-corrected chi connectivity index (χ3v) is 4.74. The summed E-state index contributed by atoms with van der Waals surface area (Å²) in [6, 6.07) is 6.75. The largest absolute Gasteiger partial charge is 0.457 e. The summed E-state index contributed by atoms with van der Waals surface area (Å²) in [6.07, 6.45) is 3.83. The lowest BCUT2D eigenvalue weighted by molar-refractivity contribution is 0.519. The van der Waals surface area contributed by atoms with Crippen molar-refractivity contribution < 1.29 is 4.42 Å². The lowest BCUT2D eigenvalue weighted by atomic mass is 10.1. The van der Waals surface area contributed by atoms with Gasteiger partial charge in [0, 0.05) is 27.8 Å². The molecule has 0 amide bonds. The predicted molar refractivity (Wildman–Crippen MR) is 75.6 cm³/mol. The molecule has 1 N–H and O–H groups in total. The van der Waals surface area contributed by atoms with Crippen molar-refractivity contribution in [1.29, 1.82) is 0 Å². The van der Waals surface area contributed by atoms with Gasteiger partial charge >= 0.3 is 0 Å². The molecule has 0 aliphatic heterocycles. The molecule has 0 saturated heterocycles. The molecule has 92 valence electrons. The van der Waals surface area contributed by atoms with Crippen LogP contribution in [-0.4, -0.2) is 7.05 Å². The van der Waals surface area contributed by atoms with Crippen molar-refractivity contribution in [1.82, 2.24) is 5.32 Å². The number of thiophene rings is 1. The molecule has 0 saturated carbocycles. The number of aryl methyl sites for hydroxylation is 1. The fourth-order valence-electron chi connectivity index (χ4n) is 1.84. The van der Waals surface area contributed by atoms with Gasteiger partial charge in [0.15, 0.2) is 4.67 Å². The number of rotatable bonds is 5. The molecule has 0 radical (unpaired) electrons. The monoisotopic (exact) mass is 313 g/mol. The van der Waals surface area contributed by atoms with Crippen molar-refractivity contribution in [2.75, 3.05) is 7.05 Å². The summed E-state index contributed by atoms with van der Waals surface area (Å²) in [7, 11) is 1.98. The molecule has 2 aromatic heterocycles. The zero-order valence-corrected chi connectivity index (χ0v) is 12.4. The normalized spacial score (nSPS) is 12.9. The molecule has 1 atom stereocenters. The van der Waals surface area contributed by atoms with Gasteiger partial charge in [0.1, 0.15) is 0 Å². The minimum Gasteiger partial charge on any atom is -0.457 e. The van der Waals surface area contributed by atoms with Gasteiger partial charge in [-0.1, -0.05) is 6.92 Å². The molecule has 0 aromatic carbocycles. The number of nitrogens with one attached hydrogen (secondary N) is 1. The van der Waals surface area contributed by atoms with Crippen LogP contribution in [0, 0.1) is 0 Å². The molecule has 2 rings (SSSR count). The van der Waals surface area contributed by atoms with Gasteiger partial charge in [0.2, 0.25) is 0 Å². The van der Waals surface area contributed by atoms with Gasteiger partial charge in [-0.05, 0) is 47.6 Å². The first-order chi connectivity index (χ1) is 8.24. The van der Waals surface area contributed by atoms with Gasteiger partial charge in [0.25, 0.3) is 0 Å². The maximum atomic E-state index is 5.29. The summed E-state index contributed by atoms with van der Waals surface area (Å²) in [5, 5.41) is 3.34. The first-order valence-electron chi connectivity index (χ1n) is 5.72. The quantitative estimate of drug-likeness (QED) is 0.896. The van der Waals surface area contributed by atoms with E-state index < -0.39 is 0 Å². The molecular weight excluding hydrogens is 298 g/mol. The van der Waals surface area contributed by atoms with Crippen LogP contribution in [0.5, 0.6) is 0 Å². The summed E-state index contributed by atoms with van der Waals surface area (Å²) in [5.41, 5.74) is 1.18. The van der Waals surface area contributed by atoms with Crippen LogP contribution in [0.4, 0.5) is 0 Å². The van der Waals surface area contributed by atoms with E-state index in [1.54, 1.807) is 6.26 Å². The first kappa shape index (κ1) is 12.9. The van der Waals surface area contributed by atoms with Crippen LogP contribution in [0.15, 0.2) is 33.5 Å². The third-order valence-electron chi connectivity index (χ3n) is 2.84. The number of hydrogen-bond acceptors (Lipinski definition) is 3. The second-order valence-corrected chi connectivity index (χ2v) is 5.89. The molecule has 2 aromatic rings. The fraction of sp³-hybridized carbons (Fsp3) is 0.385. The van der Waals surface area contributed by atoms with Gasteiger partial charge in [-0.25, -0.2) is 0 Å². The highest BCUT2D eigenvalue weighted by Crippen LogP contribution is 2.29. The zero-order chi connectivity index (χ0) is 12.3. The van der Waals surface area contributed by atoms with E-state index in [1.165, 1.54) is 15.3 Å². The van der Waals surface area contributed by atoms with Gasteiger partial charge < -0.3 is 9.73 Å². The average Bonchev–Trinajstić information content (AvgIpc) is 2.95. The second-order valence-electron chi connectivity index (χ2n) is 3.92. The van der Waals surface area contributed by atoms with Crippen LogP contribution in [0.3, 0.4) is 0 Å². The number of furan rings is 1. The Balaban J connectivity index is 2.12. The van der Waals surface area contributed by atoms with E-state index in [1.807, 2.05) is 24.5 Å². The minimum atomic E-state index is 0.298. The van der Waals surface area contributed by atoms with Crippen molar-refractivity contribution in [2.45, 2.75) is 25.8 Å². The van der Waals surface area contributed by atoms with Crippen molar-refractivity contribution >= 4 is 27.3 Å². The molecule has 4 heteroatoms. The van der Waals surface area contributed by atoms with Crippen LogP contribution in [0.1, 0.15) is 28.3 Å². The number of hydrogen-bond donors (Lipinski definition) is 1. The van der Waals surface area contributed by atoms with Crippen LogP contribution < -0.4 is 5.32 Å². The van der Waals surface area contributed by atoms with Gasteiger partial charge in [0.05, 0.1) is 6.26 Å². The lowest BCUT2D eigenvalue weighted by Crippen LogP contribution is -2.18. The Morgan fingerprint density at radius 2 is 2.12 bits per heavy atom. The van der Waals surface area contributed by atoms with Crippen molar-refractivity contribution in [2.24, 2.45) is 0 Å². The lowest BCUT2D eigenvalue weighted by Gasteiger charge is -2.13. The summed E-state index contributed by atoms with van der Waals surface area (Å²) in [4.78, 5) is 2.86. The van der Waals surface area contributed by atoms with Crippen molar-refractivity contribution in [3.05, 3.63) is 44.4 Å². The molecule has 17 heavy (non-hydrogen) atoms. The Morgan fingerprint density at radius 3 is 2.65 bits per heavy atom. The Labute approximate surface area is 114 Å². The average molecular weight is 314 g/mol. The smallest absolute Gasteiger partial charge is 0.173 e. The summed E-state index contributed by atoms with van der Waals surface area (Å²) in [5.74, 6) is 0. The van der Waals surface area contributed by atoms with Crippen molar-refractivity contribution in [3.8, 4) is 0 Å². The van der Waals surface area contributed by atoms with Crippen LogP contribution in [-0.2, 0) is 12.8 Å². The maximum absolute atomic E-state index is 5.29. The summed E-state index contributed by atoms with van der Waals surface area (Å²) >= 11 is 5.33. The van der Waals surface area contributed by atoms with E-state index in [-0.39, 0.29) is 0 Å². The number of likely N-dealkylation sites (N-methyl/N-ethyl adjacent to an activating group) is 1. The SMILES string of the molecule is CCc1ccc(CC(NC)c2ccoc2Br)s1. The first-order valence-corrected chi connectivity index (χ1v) is 7.33. The van der Waals surface area contributed by atoms with Gasteiger partial charge in [-0.2, -0.15) is 0 Å². The molecule has 0 spiro atoms. The Hall–Kier alpha value is -0.580. The molecule has 0 bridgehead atoms. The molecule has 1 unspecified atom stereocenters. The van der Waals surface area contributed by atoms with Crippen molar-refractivity contribution in [3.63, 3.8) is 0 Å². The molecule has 2 heterocycles. The van der Waals surface area contributed by atoms with Crippen LogP contribution in [0.25, 0.3) is 0 Å². The molecule has 0 aliphatic rings. The van der Waals surface area contributed by atoms with E-state index in [4.69, 9.17) is 4.42 Å². The third kappa shape index (κ3) is 3.00. The van der Waals surface area contributed by atoms with Crippen LogP contribution in [0.2, 0.25) is 0 Å². The van der Waals surface area contributed by atoms with E-state index in [2.05, 4.69) is 40.3 Å². The standard InChI is InChI=1S/C13H16BrNOS/c1-3-9-4-5-10(17-9)8-12(15-2)11-6-7-16-13(11)14/h4-7,12,15H,3,8H2,1-2H3. The highest BCUT2D eigenvalue weighted by molar-refractivity contribution is 9.10. The fourth-order valence-corrected chi connectivity index (χ4v) is 3.36. The Kier molecular flexibility index (Phi) is 4.42. The Bertz CT molecular complexity index is 477. The van der Waals surface area contributed by atoms with E-state index in [0.717, 1.165) is 17.5 Å². The van der Waals surface area contributed by atoms with Gasteiger partial charge in [-0.15, -0.1) is 11.3 Å². The Morgan fingerprint density at radius 1 is 1.35 bits per heavy atom. The van der Waals surface area contributed by atoms with Crippen LogP contribution >= 0.6 is 27.3 Å². The highest BCUT2D eigenvalue weighted by atomic mass is 79.9. The molecule has 2 nitrogen and oxygen atoms in total. The van der Waals surface area contributed by atoms with E-state index in [0.29, 0.717) is 6.04 Å². The minimum absolute atomic E-state index is 0.298. The molecule has 0 fully saturated rings. The van der Waals surface area contributed by atoms with E-state index in [9.17, 15) is 0 Å². The predicted octanol–water partition coefficient (Wildman–Crippen LogP) is 4.17. The maximum Gasteiger partial charge on any atom is 0.173 e.